The molecule has 8 heteroatoms. The van der Waals surface area contributed by atoms with Crippen molar-refractivity contribution in [3.63, 3.8) is 0 Å². The van der Waals surface area contributed by atoms with E-state index in [4.69, 9.17) is 36.8 Å². The Labute approximate surface area is 163 Å². The summed E-state index contributed by atoms with van der Waals surface area (Å²) in [5, 5.41) is 8.76. The van der Waals surface area contributed by atoms with Gasteiger partial charge in [-0.15, -0.1) is 16.0 Å². The van der Waals surface area contributed by atoms with Crippen LogP contribution in [0.5, 0.6) is 0 Å². The maximum Gasteiger partial charge on any atom is 0.113 e. The molecule has 0 heterocycles. The van der Waals surface area contributed by atoms with Gasteiger partial charge in [0.2, 0.25) is 0 Å². The van der Waals surface area contributed by atoms with E-state index in [1.807, 2.05) is 13.8 Å². The van der Waals surface area contributed by atoms with Gasteiger partial charge in [-0.1, -0.05) is 23.1 Å². The van der Waals surface area contributed by atoms with Gasteiger partial charge in [-0.3, -0.25) is 0 Å². The quantitative estimate of drug-likeness (QED) is 0.596. The molecule has 2 nitrogen and oxygen atoms in total. The first kappa shape index (κ1) is 15.7. The van der Waals surface area contributed by atoms with Gasteiger partial charge in [0.1, 0.15) is 7.85 Å². The fourth-order valence-electron chi connectivity index (χ4n) is 3.09. The molecule has 0 N–H and O–H groups in total. The molecule has 0 aliphatic rings. The summed E-state index contributed by atoms with van der Waals surface area (Å²) in [4.78, 5) is 0. The van der Waals surface area contributed by atoms with Gasteiger partial charge >= 0.3 is 0 Å². The zero-order valence-corrected chi connectivity index (χ0v) is 15.4. The van der Waals surface area contributed by atoms with E-state index in [1.165, 1.54) is 7.17 Å². The first-order valence-electron chi connectivity index (χ1n) is 10.0. The van der Waals surface area contributed by atoms with Crippen molar-refractivity contribution in [2.45, 2.75) is 34.6 Å². The standard InChI is InChI=1S/C17H17B6N2.H2/c1-8-6-9(2)16(10(3)7-8)24-25-17-11(4)13(18)14(22-19)15(12(17)5)23(20)21;/h6-7H,1-5H3;1H/i6D,7D;1+1D. The monoisotopic (exact) mass is 321 g/mol. The molecule has 0 aromatic heterocycles. The van der Waals surface area contributed by atoms with Gasteiger partial charge in [-0.05, 0) is 56.9 Å². The zero-order valence-electron chi connectivity index (χ0n) is 19.4. The van der Waals surface area contributed by atoms with Crippen LogP contribution in [-0.2, 0) is 0 Å². The molecule has 0 atom stereocenters. The van der Waals surface area contributed by atoms with Gasteiger partial charge in [0, 0.05) is 26.2 Å². The Bertz CT molecular complexity index is 922. The Morgan fingerprint density at radius 3 is 2.04 bits per heavy atom. The van der Waals surface area contributed by atoms with E-state index in [9.17, 15) is 0 Å². The molecule has 9 radical (unpaired) electrons. The predicted molar refractivity (Wildman–Crippen MR) is 116 cm³/mol. The van der Waals surface area contributed by atoms with Crippen molar-refractivity contribution in [3.05, 3.63) is 39.9 Å². The molecular formula is C17H19B6N2. The van der Waals surface area contributed by atoms with Crippen LogP contribution in [0.15, 0.2) is 22.3 Å². The number of hydrogen-bond donors (Lipinski definition) is 0. The van der Waals surface area contributed by atoms with E-state index in [2.05, 4.69) is 10.2 Å². The molecule has 0 saturated carbocycles. The summed E-state index contributed by atoms with van der Waals surface area (Å²) in [7, 11) is 25.2. The SMILES string of the molecule is [2H][2H].[2H]c1c(C)c([2H])c(C)c(N=Nc2c(C)c([B])c([B][B])c(B([B])[B])c2C)c1C. The van der Waals surface area contributed by atoms with Gasteiger partial charge in [-0.25, -0.2) is 0 Å². The molecule has 0 aliphatic carbocycles. The highest BCUT2D eigenvalue weighted by molar-refractivity contribution is 7.36. The topological polar surface area (TPSA) is 24.7 Å². The van der Waals surface area contributed by atoms with Crippen molar-refractivity contribution in [1.82, 2.24) is 0 Å². The molecule has 115 valence electrons. The lowest BCUT2D eigenvalue weighted by Gasteiger charge is -2.22. The van der Waals surface area contributed by atoms with Gasteiger partial charge in [0.25, 0.3) is 0 Å². The highest BCUT2D eigenvalue weighted by atomic mass is 15.1. The van der Waals surface area contributed by atoms with E-state index >= 15 is 0 Å². The molecule has 2 aromatic carbocycles. The maximum absolute atomic E-state index is 8.17. The molecule has 0 aliphatic heterocycles. The summed E-state index contributed by atoms with van der Waals surface area (Å²) in [6.45, 7) is 8.28. The number of nitrogens with zero attached hydrogens (tertiary/aromatic N) is 2. The highest BCUT2D eigenvalue weighted by Crippen LogP contribution is 2.29. The summed E-state index contributed by atoms with van der Waals surface area (Å²) in [6, 6.07) is 0.593. The molecule has 0 bridgehead atoms. The van der Waals surface area contributed by atoms with Crippen LogP contribution >= 0.6 is 0 Å². The van der Waals surface area contributed by atoms with Crippen molar-refractivity contribution >= 4 is 72.5 Å². The maximum atomic E-state index is 8.17. The van der Waals surface area contributed by atoms with Gasteiger partial charge in [0.15, 0.2) is 0 Å². The minimum atomic E-state index is -0.765. The van der Waals surface area contributed by atoms with Gasteiger partial charge in [0.05, 0.1) is 27.8 Å². The van der Waals surface area contributed by atoms with Crippen LogP contribution in [0.25, 0.3) is 0 Å². The summed E-state index contributed by atoms with van der Waals surface area (Å²) >= 11 is 0. The summed E-state index contributed by atoms with van der Waals surface area (Å²) in [5.41, 5.74) is 6.19. The number of rotatable bonds is 4. The van der Waals surface area contributed by atoms with Crippen molar-refractivity contribution in [2.24, 2.45) is 10.2 Å². The number of benzene rings is 2. The van der Waals surface area contributed by atoms with Crippen molar-refractivity contribution in [1.29, 1.82) is 0 Å². The largest absolute Gasteiger partial charge is 0.150 e. The first-order valence-corrected chi connectivity index (χ1v) is 8.01. The summed E-state index contributed by atoms with van der Waals surface area (Å²) in [6.07, 6.45) is 0. The zero-order chi connectivity index (χ0) is 22.6. The first-order chi connectivity index (χ1) is 13.5. The average Bonchev–Trinajstić information content (AvgIpc) is 2.70. The lowest BCUT2D eigenvalue weighted by atomic mass is 9.15. The van der Waals surface area contributed by atoms with Crippen LogP contribution in [0, 0.1) is 34.6 Å². The van der Waals surface area contributed by atoms with E-state index in [0.717, 1.165) is 11.1 Å². The van der Waals surface area contributed by atoms with Crippen molar-refractivity contribution in [3.8, 4) is 0 Å². The molecule has 0 spiro atoms. The van der Waals surface area contributed by atoms with E-state index in [-0.39, 0.29) is 0 Å². The summed E-state index contributed by atoms with van der Waals surface area (Å²) in [5.74, 6) is 0. The Balaban J connectivity index is 0.00000204. The van der Waals surface area contributed by atoms with E-state index < -0.39 is 6.49 Å². The second-order valence-electron chi connectivity index (χ2n) is 6.21. The lowest BCUT2D eigenvalue weighted by molar-refractivity contribution is 1.16. The Kier molecular flexibility index (Phi) is 4.86. The second kappa shape index (κ2) is 7.76. The van der Waals surface area contributed by atoms with Gasteiger partial charge < -0.3 is 0 Å². The van der Waals surface area contributed by atoms with Crippen LogP contribution < -0.4 is 16.4 Å². The Morgan fingerprint density at radius 2 is 1.56 bits per heavy atom. The third-order valence-electron chi connectivity index (χ3n) is 4.31. The highest BCUT2D eigenvalue weighted by Gasteiger charge is 2.18. The number of hydrogen-bond acceptors (Lipinski definition) is 2. The van der Waals surface area contributed by atoms with Crippen LogP contribution in [0.2, 0.25) is 0 Å². The molecule has 25 heavy (non-hydrogen) atoms. The Morgan fingerprint density at radius 1 is 1.04 bits per heavy atom. The molecule has 0 saturated heterocycles. The third kappa shape index (κ3) is 3.83. The molecule has 2 rings (SSSR count). The van der Waals surface area contributed by atoms with Crippen LogP contribution in [0.3, 0.4) is 0 Å². The van der Waals surface area contributed by atoms with Gasteiger partial charge in [-0.2, -0.15) is 5.11 Å². The van der Waals surface area contributed by atoms with Crippen molar-refractivity contribution in [2.75, 3.05) is 0 Å². The molecule has 2 aromatic rings. The molecular weight excluding hydrogens is 297 g/mol. The number of azo groups is 1. The van der Waals surface area contributed by atoms with Crippen LogP contribution in [0.1, 0.15) is 33.5 Å². The fourth-order valence-corrected chi connectivity index (χ4v) is 3.09. The van der Waals surface area contributed by atoms with Crippen LogP contribution in [0.4, 0.5) is 11.4 Å². The molecule has 0 fully saturated rings. The minimum Gasteiger partial charge on any atom is -0.150 e. The molecule has 0 unspecified atom stereocenters. The van der Waals surface area contributed by atoms with E-state index in [0.29, 0.717) is 56.5 Å². The predicted octanol–water partition coefficient (Wildman–Crippen LogP) is 1.13. The third-order valence-corrected chi connectivity index (χ3v) is 4.31. The lowest BCUT2D eigenvalue weighted by Crippen LogP contribution is -2.54. The minimum absolute atomic E-state index is 0.297. The normalized spacial score (nSPS) is 12.5. The molecule has 0 amide bonds. The van der Waals surface area contributed by atoms with Crippen molar-refractivity contribution < 1.29 is 5.71 Å². The van der Waals surface area contributed by atoms with Crippen LogP contribution in [-0.4, -0.2) is 44.7 Å². The second-order valence-corrected chi connectivity index (χ2v) is 6.21. The summed E-state index contributed by atoms with van der Waals surface area (Å²) < 4.78 is 26.3. The fraction of sp³-hybridized carbons (Fsp3) is 0.294. The Hall–Kier alpha value is -1.57. The van der Waals surface area contributed by atoms with E-state index in [1.54, 1.807) is 20.8 Å². The smallest absolute Gasteiger partial charge is 0.113 e. The average molecular weight is 320 g/mol.